The maximum absolute atomic E-state index is 12.8. The van der Waals surface area contributed by atoms with Crippen LogP contribution in [0.1, 0.15) is 62.6 Å². The van der Waals surface area contributed by atoms with E-state index in [4.69, 9.17) is 0 Å². The molecule has 0 aliphatic rings. The van der Waals surface area contributed by atoms with Gasteiger partial charge >= 0.3 is 0 Å². The highest BCUT2D eigenvalue weighted by molar-refractivity contribution is 7.89. The number of hydrogen-bond acceptors (Lipinski definition) is 7. The molecule has 0 saturated carbocycles. The lowest BCUT2D eigenvalue weighted by Gasteiger charge is -2.18. The van der Waals surface area contributed by atoms with Crippen molar-refractivity contribution in [1.29, 1.82) is 0 Å². The van der Waals surface area contributed by atoms with E-state index in [-0.39, 0.29) is 35.7 Å². The Kier molecular flexibility index (Phi) is 12.7. The first-order valence-electron chi connectivity index (χ1n) is 17.2. The van der Waals surface area contributed by atoms with Crippen LogP contribution in [0.25, 0.3) is 5.82 Å². The molecule has 0 bridgehead atoms. The van der Waals surface area contributed by atoms with Crippen molar-refractivity contribution in [3.8, 4) is 5.82 Å². The van der Waals surface area contributed by atoms with Gasteiger partial charge in [-0.3, -0.25) is 9.59 Å². The maximum Gasteiger partial charge on any atom is 0.251 e. The van der Waals surface area contributed by atoms with Crippen molar-refractivity contribution in [1.82, 2.24) is 30.2 Å². The number of hydrogen-bond donors (Lipinski definition) is 5. The molecule has 11 nitrogen and oxygen atoms in total. The molecule has 0 aliphatic heterocycles. The lowest BCUT2D eigenvalue weighted by Crippen LogP contribution is -2.32. The van der Waals surface area contributed by atoms with Gasteiger partial charge in [-0.15, -0.1) is 0 Å². The third-order valence-electron chi connectivity index (χ3n) is 8.87. The number of aromatic nitrogens is 2. The Bertz CT molecular complexity index is 2060. The van der Waals surface area contributed by atoms with Gasteiger partial charge in [0.2, 0.25) is 15.9 Å². The van der Waals surface area contributed by atoms with E-state index in [1.54, 1.807) is 42.6 Å². The summed E-state index contributed by atoms with van der Waals surface area (Å²) in [7, 11) is -2.16. The zero-order valence-corrected chi connectivity index (χ0v) is 30.7. The Hall–Kier alpha value is -5.14. The summed E-state index contributed by atoms with van der Waals surface area (Å²) in [6.07, 6.45) is 2.01. The number of aliphatic hydroxyl groups is 1. The molecule has 5 aromatic rings. The number of aryl methyl sites for hydroxylation is 2. The van der Waals surface area contributed by atoms with Crippen LogP contribution in [0.15, 0.2) is 108 Å². The molecule has 2 aromatic heterocycles. The zero-order chi connectivity index (χ0) is 37.3. The molecule has 12 heteroatoms. The molecule has 0 fully saturated rings. The van der Waals surface area contributed by atoms with E-state index in [2.05, 4.69) is 49.3 Å². The largest absolute Gasteiger partial charge is 0.387 e. The standard InChI is InChI=1S/C40H46N6O5S/c1-27(42-26-37(47)35-16-19-38(43-25-35)46-28(2)8-9-29(46)3)20-32-6-5-7-33(21-32)22-39(48)44-23-30-10-14-34(15-11-30)40(49)45-24-31-12-17-36(18-13-31)52(50,51)41-4/h5-19,21,25,27,37,41-42,47H,20,22-24,26H2,1-4H3,(H,44,48)(H,45,49). The Morgan fingerprint density at radius 3 is 2.08 bits per heavy atom. The normalized spacial score (nSPS) is 12.6. The van der Waals surface area contributed by atoms with Gasteiger partial charge in [0, 0.05) is 54.4 Å². The Morgan fingerprint density at radius 1 is 0.808 bits per heavy atom. The summed E-state index contributed by atoms with van der Waals surface area (Å²) >= 11 is 0. The lowest BCUT2D eigenvalue weighted by atomic mass is 10.0. The van der Waals surface area contributed by atoms with Crippen LogP contribution in [0, 0.1) is 13.8 Å². The van der Waals surface area contributed by atoms with Crippen LogP contribution in [-0.2, 0) is 40.7 Å². The molecule has 2 amide bonds. The Labute approximate surface area is 305 Å². The summed E-state index contributed by atoms with van der Waals surface area (Å²) in [6, 6.07) is 29.3. The van der Waals surface area contributed by atoms with E-state index in [9.17, 15) is 23.1 Å². The number of nitrogens with one attached hydrogen (secondary N) is 4. The number of rotatable bonds is 16. The van der Waals surface area contributed by atoms with Crippen LogP contribution in [-0.4, -0.2) is 54.5 Å². The average molecular weight is 723 g/mol. The first-order chi connectivity index (χ1) is 24.9. The molecule has 0 radical (unpaired) electrons. The van der Waals surface area contributed by atoms with E-state index >= 15 is 0 Å². The fraction of sp³-hybridized carbons (Fsp3) is 0.275. The second-order valence-electron chi connectivity index (χ2n) is 12.9. The molecule has 5 N–H and O–H groups in total. The number of amides is 2. The SMILES string of the molecule is CNS(=O)(=O)c1ccc(CNC(=O)c2ccc(CNC(=O)Cc3cccc(CC(C)NCC(O)c4ccc(-n5c(C)ccc5C)nc4)c3)cc2)cc1. The van der Waals surface area contributed by atoms with Gasteiger partial charge in [0.1, 0.15) is 5.82 Å². The van der Waals surface area contributed by atoms with Crippen LogP contribution in [0.4, 0.5) is 0 Å². The van der Waals surface area contributed by atoms with Crippen LogP contribution >= 0.6 is 0 Å². The van der Waals surface area contributed by atoms with Crippen LogP contribution < -0.4 is 20.7 Å². The molecule has 0 saturated heterocycles. The van der Waals surface area contributed by atoms with Crippen molar-refractivity contribution < 1.29 is 23.1 Å². The minimum atomic E-state index is -3.52. The number of sulfonamides is 1. The number of benzene rings is 3. The summed E-state index contributed by atoms with van der Waals surface area (Å²) in [5.41, 5.74) is 7.07. The van der Waals surface area contributed by atoms with E-state index < -0.39 is 16.1 Å². The molecule has 272 valence electrons. The molecule has 2 unspecified atom stereocenters. The number of carbonyl (C=O) groups excluding carboxylic acids is 2. The van der Waals surface area contributed by atoms with Crippen molar-refractivity contribution >= 4 is 21.8 Å². The zero-order valence-electron chi connectivity index (χ0n) is 29.9. The van der Waals surface area contributed by atoms with E-state index in [1.807, 2.05) is 50.2 Å². The average Bonchev–Trinajstić information content (AvgIpc) is 3.49. The molecule has 3 aromatic carbocycles. The fourth-order valence-electron chi connectivity index (χ4n) is 5.89. The van der Waals surface area contributed by atoms with Gasteiger partial charge in [0.25, 0.3) is 5.91 Å². The van der Waals surface area contributed by atoms with E-state index in [0.717, 1.165) is 51.4 Å². The van der Waals surface area contributed by atoms with E-state index in [1.165, 1.54) is 19.2 Å². The molecule has 0 aliphatic carbocycles. The second-order valence-corrected chi connectivity index (χ2v) is 14.8. The van der Waals surface area contributed by atoms with Gasteiger partial charge in [-0.25, -0.2) is 18.1 Å². The topological polar surface area (TPSA) is 154 Å². The van der Waals surface area contributed by atoms with Crippen molar-refractivity contribution in [3.05, 3.63) is 148 Å². The van der Waals surface area contributed by atoms with Crippen molar-refractivity contribution in [2.75, 3.05) is 13.6 Å². The molecule has 52 heavy (non-hydrogen) atoms. The third-order valence-corrected chi connectivity index (χ3v) is 10.3. The number of nitrogens with zero attached hydrogens (tertiary/aromatic N) is 2. The number of carbonyl (C=O) groups is 2. The number of pyridine rings is 1. The summed E-state index contributed by atoms with van der Waals surface area (Å²) < 4.78 is 28.1. The smallest absolute Gasteiger partial charge is 0.251 e. The maximum atomic E-state index is 12.8. The highest BCUT2D eigenvalue weighted by Gasteiger charge is 2.14. The first-order valence-corrected chi connectivity index (χ1v) is 18.7. The van der Waals surface area contributed by atoms with Gasteiger partial charge in [-0.05, 0) is 99.0 Å². The van der Waals surface area contributed by atoms with Crippen LogP contribution in [0.5, 0.6) is 0 Å². The molecule has 0 spiro atoms. The molecule has 2 atom stereocenters. The van der Waals surface area contributed by atoms with E-state index in [0.29, 0.717) is 18.7 Å². The summed E-state index contributed by atoms with van der Waals surface area (Å²) in [5, 5.41) is 20.0. The predicted octanol–water partition coefficient (Wildman–Crippen LogP) is 4.44. The summed E-state index contributed by atoms with van der Waals surface area (Å²) in [4.78, 5) is 30.2. The van der Waals surface area contributed by atoms with Crippen molar-refractivity contribution in [3.63, 3.8) is 0 Å². The Balaban J connectivity index is 1.03. The van der Waals surface area contributed by atoms with Crippen LogP contribution in [0.3, 0.4) is 0 Å². The highest BCUT2D eigenvalue weighted by atomic mass is 32.2. The van der Waals surface area contributed by atoms with Crippen molar-refractivity contribution in [2.24, 2.45) is 0 Å². The first kappa shape index (κ1) is 38.1. The second kappa shape index (κ2) is 17.4. The molecular weight excluding hydrogens is 677 g/mol. The fourth-order valence-corrected chi connectivity index (χ4v) is 6.62. The van der Waals surface area contributed by atoms with Crippen LogP contribution in [0.2, 0.25) is 0 Å². The van der Waals surface area contributed by atoms with Gasteiger partial charge < -0.3 is 25.6 Å². The summed E-state index contributed by atoms with van der Waals surface area (Å²) in [6.45, 7) is 7.11. The molecule has 5 rings (SSSR count). The molecule has 2 heterocycles. The van der Waals surface area contributed by atoms with Gasteiger partial charge in [-0.1, -0.05) is 54.6 Å². The quantitative estimate of drug-likeness (QED) is 0.101. The molecular formula is C40H46N6O5S. The van der Waals surface area contributed by atoms with Gasteiger partial charge in [0.15, 0.2) is 0 Å². The number of aliphatic hydroxyl groups excluding tert-OH is 1. The lowest BCUT2D eigenvalue weighted by molar-refractivity contribution is -0.120. The Morgan fingerprint density at radius 2 is 1.44 bits per heavy atom. The third kappa shape index (κ3) is 10.2. The minimum Gasteiger partial charge on any atom is -0.387 e. The van der Waals surface area contributed by atoms with Gasteiger partial charge in [-0.2, -0.15) is 0 Å². The monoisotopic (exact) mass is 722 g/mol. The van der Waals surface area contributed by atoms with Crippen molar-refractivity contribution in [2.45, 2.75) is 63.7 Å². The van der Waals surface area contributed by atoms with Gasteiger partial charge in [0.05, 0.1) is 17.4 Å². The minimum absolute atomic E-state index is 0.0946. The highest BCUT2D eigenvalue weighted by Crippen LogP contribution is 2.18. The predicted molar refractivity (Wildman–Crippen MR) is 201 cm³/mol. The summed E-state index contributed by atoms with van der Waals surface area (Å²) in [5.74, 6) is 0.458.